The Morgan fingerprint density at radius 1 is 1.10 bits per heavy atom. The van der Waals surface area contributed by atoms with Crippen molar-refractivity contribution in [1.82, 2.24) is 16.0 Å². The Balaban J connectivity index is 1.51. The first-order valence-corrected chi connectivity index (χ1v) is 10.6. The molecule has 1 unspecified atom stereocenters. The van der Waals surface area contributed by atoms with Crippen LogP contribution in [0, 0.1) is 11.8 Å². The fraction of sp³-hybridized carbons (Fsp3) is 0.591. The highest BCUT2D eigenvalue weighted by molar-refractivity contribution is 5.88. The molecule has 1 saturated heterocycles. The number of nitrogens with one attached hydrogen (secondary N) is 3. The molecule has 0 bridgehead atoms. The van der Waals surface area contributed by atoms with Crippen molar-refractivity contribution in [1.29, 1.82) is 0 Å². The van der Waals surface area contributed by atoms with E-state index in [0.29, 0.717) is 44.6 Å². The maximum absolute atomic E-state index is 12.8. The zero-order valence-corrected chi connectivity index (χ0v) is 16.7. The average molecular weight is 402 g/mol. The standard InChI is InChI=1S/C22H31N3O4/c26-14-18(13-17-10-11-23-21(17)28)24-22(29)19(12-16-6-7-16)25-20(27)9-8-15-4-2-1-3-5-15/h1-5,16-19,26H,6-14H2,(H,23,28)(H,24,29)(H,25,27)/t17-,18-,19?/m0/s1. The molecule has 0 aromatic heterocycles. The molecule has 29 heavy (non-hydrogen) atoms. The van der Waals surface area contributed by atoms with Crippen LogP contribution in [0.1, 0.15) is 44.1 Å². The van der Waals surface area contributed by atoms with Gasteiger partial charge in [-0.1, -0.05) is 43.2 Å². The van der Waals surface area contributed by atoms with Crippen LogP contribution in [-0.2, 0) is 20.8 Å². The highest BCUT2D eigenvalue weighted by atomic mass is 16.3. The number of amides is 3. The average Bonchev–Trinajstić information content (AvgIpc) is 3.46. The van der Waals surface area contributed by atoms with Gasteiger partial charge in [0, 0.05) is 18.9 Å². The Hall–Kier alpha value is -2.41. The van der Waals surface area contributed by atoms with Crippen molar-refractivity contribution in [3.63, 3.8) is 0 Å². The zero-order valence-electron chi connectivity index (χ0n) is 16.7. The number of aryl methyl sites for hydroxylation is 1. The van der Waals surface area contributed by atoms with Crippen molar-refractivity contribution in [3.05, 3.63) is 35.9 Å². The molecule has 2 aliphatic rings. The first kappa shape index (κ1) is 21.3. The molecule has 2 fully saturated rings. The van der Waals surface area contributed by atoms with Crippen LogP contribution < -0.4 is 16.0 Å². The summed E-state index contributed by atoms with van der Waals surface area (Å²) in [6, 6.07) is 8.69. The molecule has 1 aliphatic heterocycles. The van der Waals surface area contributed by atoms with Crippen LogP contribution in [0.4, 0.5) is 0 Å². The number of aliphatic hydroxyl groups is 1. The number of hydrogen-bond donors (Lipinski definition) is 4. The summed E-state index contributed by atoms with van der Waals surface area (Å²) in [6.07, 6.45) is 4.85. The third-order valence-electron chi connectivity index (χ3n) is 5.70. The molecule has 158 valence electrons. The smallest absolute Gasteiger partial charge is 0.242 e. The van der Waals surface area contributed by atoms with Crippen molar-refractivity contribution in [2.45, 2.75) is 57.0 Å². The molecule has 0 spiro atoms. The van der Waals surface area contributed by atoms with Gasteiger partial charge in [-0.3, -0.25) is 14.4 Å². The third-order valence-corrected chi connectivity index (χ3v) is 5.70. The molecule has 1 heterocycles. The van der Waals surface area contributed by atoms with Gasteiger partial charge < -0.3 is 21.1 Å². The van der Waals surface area contributed by atoms with E-state index in [4.69, 9.17) is 0 Å². The number of benzene rings is 1. The van der Waals surface area contributed by atoms with E-state index in [9.17, 15) is 19.5 Å². The third kappa shape index (κ3) is 6.85. The van der Waals surface area contributed by atoms with Gasteiger partial charge in [0.2, 0.25) is 17.7 Å². The van der Waals surface area contributed by atoms with E-state index in [1.165, 1.54) is 0 Å². The van der Waals surface area contributed by atoms with Gasteiger partial charge in [-0.05, 0) is 37.2 Å². The number of carbonyl (C=O) groups is 3. The summed E-state index contributed by atoms with van der Waals surface area (Å²) in [7, 11) is 0. The second-order valence-corrected chi connectivity index (χ2v) is 8.19. The Labute approximate surface area is 171 Å². The number of hydrogen-bond acceptors (Lipinski definition) is 4. The number of rotatable bonds is 11. The van der Waals surface area contributed by atoms with Crippen molar-refractivity contribution in [3.8, 4) is 0 Å². The summed E-state index contributed by atoms with van der Waals surface area (Å²) < 4.78 is 0. The van der Waals surface area contributed by atoms with Crippen LogP contribution in [0.3, 0.4) is 0 Å². The van der Waals surface area contributed by atoms with Gasteiger partial charge >= 0.3 is 0 Å². The minimum absolute atomic E-state index is 0.0264. The first-order valence-electron chi connectivity index (χ1n) is 10.6. The van der Waals surface area contributed by atoms with E-state index in [2.05, 4.69) is 16.0 Å². The van der Waals surface area contributed by atoms with E-state index < -0.39 is 12.1 Å². The molecule has 1 aromatic carbocycles. The maximum atomic E-state index is 12.8. The summed E-state index contributed by atoms with van der Waals surface area (Å²) in [5, 5.41) is 18.1. The predicted molar refractivity (Wildman–Crippen MR) is 109 cm³/mol. The van der Waals surface area contributed by atoms with Crippen molar-refractivity contribution in [2.75, 3.05) is 13.2 Å². The molecular weight excluding hydrogens is 370 g/mol. The van der Waals surface area contributed by atoms with E-state index in [1.54, 1.807) is 0 Å². The van der Waals surface area contributed by atoms with Gasteiger partial charge in [-0.2, -0.15) is 0 Å². The lowest BCUT2D eigenvalue weighted by Crippen LogP contribution is -2.51. The summed E-state index contributed by atoms with van der Waals surface area (Å²) in [5.41, 5.74) is 1.08. The van der Waals surface area contributed by atoms with E-state index in [0.717, 1.165) is 18.4 Å². The topological polar surface area (TPSA) is 108 Å². The van der Waals surface area contributed by atoms with Gasteiger partial charge in [0.05, 0.1) is 12.6 Å². The Morgan fingerprint density at radius 2 is 1.86 bits per heavy atom. The largest absolute Gasteiger partial charge is 0.394 e. The van der Waals surface area contributed by atoms with Gasteiger partial charge in [0.1, 0.15) is 6.04 Å². The summed E-state index contributed by atoms with van der Waals surface area (Å²) in [6.45, 7) is 0.408. The van der Waals surface area contributed by atoms with E-state index >= 15 is 0 Å². The van der Waals surface area contributed by atoms with Crippen LogP contribution in [0.15, 0.2) is 30.3 Å². The highest BCUT2D eigenvalue weighted by Crippen LogP contribution is 2.33. The van der Waals surface area contributed by atoms with Crippen LogP contribution in [0.5, 0.6) is 0 Å². The first-order chi connectivity index (χ1) is 14.0. The fourth-order valence-electron chi connectivity index (χ4n) is 3.78. The van der Waals surface area contributed by atoms with Crippen molar-refractivity contribution >= 4 is 17.7 Å². The summed E-state index contributed by atoms with van der Waals surface area (Å²) >= 11 is 0. The van der Waals surface area contributed by atoms with Crippen molar-refractivity contribution in [2.24, 2.45) is 11.8 Å². The molecule has 0 radical (unpaired) electrons. The SMILES string of the molecule is O=C(CCc1ccccc1)NC(CC1CC1)C(=O)N[C@H](CO)C[C@@H]1CCNC1=O. The van der Waals surface area contributed by atoms with Gasteiger partial charge in [0.15, 0.2) is 0 Å². The lowest BCUT2D eigenvalue weighted by molar-refractivity contribution is -0.130. The van der Waals surface area contributed by atoms with E-state index in [1.807, 2.05) is 30.3 Å². The fourth-order valence-corrected chi connectivity index (χ4v) is 3.78. The second kappa shape index (κ2) is 10.4. The van der Waals surface area contributed by atoms with Crippen LogP contribution in [0.2, 0.25) is 0 Å². The molecule has 4 N–H and O–H groups in total. The predicted octanol–water partition coefficient (Wildman–Crippen LogP) is 0.907. The minimum atomic E-state index is -0.600. The lowest BCUT2D eigenvalue weighted by atomic mass is 9.98. The molecule has 3 atom stereocenters. The number of aliphatic hydroxyl groups excluding tert-OH is 1. The normalized spacial score (nSPS) is 20.6. The summed E-state index contributed by atoms with van der Waals surface area (Å²) in [5.74, 6) is -0.169. The van der Waals surface area contributed by atoms with Crippen LogP contribution in [0.25, 0.3) is 0 Å². The quantitative estimate of drug-likeness (QED) is 0.442. The maximum Gasteiger partial charge on any atom is 0.242 e. The molecule has 3 rings (SSSR count). The Morgan fingerprint density at radius 3 is 2.48 bits per heavy atom. The molecule has 3 amide bonds. The lowest BCUT2D eigenvalue weighted by Gasteiger charge is -2.23. The van der Waals surface area contributed by atoms with Crippen molar-refractivity contribution < 1.29 is 19.5 Å². The molecular formula is C22H31N3O4. The van der Waals surface area contributed by atoms with Gasteiger partial charge in [0.25, 0.3) is 0 Å². The van der Waals surface area contributed by atoms with Crippen LogP contribution >= 0.6 is 0 Å². The Bertz CT molecular complexity index is 705. The van der Waals surface area contributed by atoms with Crippen LogP contribution in [-0.4, -0.2) is 48.1 Å². The molecule has 7 heteroatoms. The zero-order chi connectivity index (χ0) is 20.6. The Kier molecular flexibility index (Phi) is 7.63. The molecule has 1 aliphatic carbocycles. The second-order valence-electron chi connectivity index (χ2n) is 8.19. The number of carbonyl (C=O) groups excluding carboxylic acids is 3. The molecule has 1 aromatic rings. The monoisotopic (exact) mass is 401 g/mol. The molecule has 7 nitrogen and oxygen atoms in total. The van der Waals surface area contributed by atoms with E-state index in [-0.39, 0.29) is 30.2 Å². The minimum Gasteiger partial charge on any atom is -0.394 e. The summed E-state index contributed by atoms with van der Waals surface area (Å²) in [4.78, 5) is 37.0. The van der Waals surface area contributed by atoms with Gasteiger partial charge in [-0.15, -0.1) is 0 Å². The highest BCUT2D eigenvalue weighted by Gasteiger charge is 2.32. The van der Waals surface area contributed by atoms with Gasteiger partial charge in [-0.25, -0.2) is 0 Å². The molecule has 1 saturated carbocycles.